The maximum absolute atomic E-state index is 13.5. The third-order valence-corrected chi connectivity index (χ3v) is 8.04. The molecular formula is C31H34FN3O5. The molecule has 3 heterocycles. The van der Waals surface area contributed by atoms with Crippen molar-refractivity contribution in [2.24, 2.45) is 0 Å². The van der Waals surface area contributed by atoms with Crippen molar-refractivity contribution in [1.82, 2.24) is 14.5 Å². The first kappa shape index (κ1) is 26.7. The first-order valence-corrected chi connectivity index (χ1v) is 13.7. The van der Waals surface area contributed by atoms with Gasteiger partial charge in [-0.1, -0.05) is 18.2 Å². The lowest BCUT2D eigenvalue weighted by molar-refractivity contribution is -0.0685. The lowest BCUT2D eigenvalue weighted by atomic mass is 9.88. The standard InChI is InChI=1S/C31H34FN3O5/c1-31(22-7-9-23(32)10-8-22)39-27-5-3-4-24(29(27)40-31)20-12-14-34(15-13-20)19-28-33-25-11-6-21(30(36)37)18-26(25)35(28)16-17-38-2/h3-11,18,20,30,36-37H,12-17,19H2,1-2H3. The van der Waals surface area contributed by atoms with E-state index in [2.05, 4.69) is 15.5 Å². The molecule has 2 N–H and O–H groups in total. The fourth-order valence-corrected chi connectivity index (χ4v) is 5.84. The number of fused-ring (bicyclic) bond motifs is 2. The Morgan fingerprint density at radius 2 is 1.85 bits per heavy atom. The van der Waals surface area contributed by atoms with E-state index in [0.717, 1.165) is 59.7 Å². The number of ether oxygens (including phenoxy) is 3. The molecule has 4 aromatic rings. The summed E-state index contributed by atoms with van der Waals surface area (Å²) in [6.45, 7) is 5.52. The number of benzene rings is 3. The number of nitrogens with zero attached hydrogens (tertiary/aromatic N) is 3. The molecule has 6 rings (SSSR count). The number of imidazole rings is 1. The molecule has 0 saturated carbocycles. The van der Waals surface area contributed by atoms with E-state index < -0.39 is 12.1 Å². The summed E-state index contributed by atoms with van der Waals surface area (Å²) in [5.41, 5.74) is 4.05. The van der Waals surface area contributed by atoms with Crippen LogP contribution in [0.3, 0.4) is 0 Å². The summed E-state index contributed by atoms with van der Waals surface area (Å²) in [6.07, 6.45) is 0.401. The molecule has 1 fully saturated rings. The summed E-state index contributed by atoms with van der Waals surface area (Å²) < 4.78 is 33.6. The van der Waals surface area contributed by atoms with Gasteiger partial charge < -0.3 is 29.0 Å². The number of piperidine rings is 1. The molecule has 210 valence electrons. The van der Waals surface area contributed by atoms with Crippen LogP contribution >= 0.6 is 0 Å². The highest BCUT2D eigenvalue weighted by molar-refractivity contribution is 5.77. The predicted octanol–water partition coefficient (Wildman–Crippen LogP) is 4.83. The fraction of sp³-hybridized carbons (Fsp3) is 0.387. The highest BCUT2D eigenvalue weighted by Gasteiger charge is 2.41. The SMILES string of the molecule is COCCn1c(CN2CCC(c3cccc4c3OC(C)(c3ccc(F)cc3)O4)CC2)nc2ccc(C(O)O)cc21. The summed E-state index contributed by atoms with van der Waals surface area (Å²) in [7, 11) is 1.67. The van der Waals surface area contributed by atoms with E-state index in [0.29, 0.717) is 36.9 Å². The zero-order valence-corrected chi connectivity index (χ0v) is 22.7. The Hall–Kier alpha value is -3.50. The van der Waals surface area contributed by atoms with Gasteiger partial charge in [-0.2, -0.15) is 0 Å². The summed E-state index contributed by atoms with van der Waals surface area (Å²) in [5.74, 6) is 1.45. The molecular weight excluding hydrogens is 513 g/mol. The largest absolute Gasteiger partial charge is 0.445 e. The quantitative estimate of drug-likeness (QED) is 0.306. The number of likely N-dealkylation sites (tertiary alicyclic amines) is 1. The second-order valence-electron chi connectivity index (χ2n) is 10.7. The van der Waals surface area contributed by atoms with Crippen LogP contribution in [0.4, 0.5) is 4.39 Å². The van der Waals surface area contributed by atoms with Crippen molar-refractivity contribution < 1.29 is 28.8 Å². The molecule has 0 aliphatic carbocycles. The van der Waals surface area contributed by atoms with Gasteiger partial charge >= 0.3 is 0 Å². The van der Waals surface area contributed by atoms with E-state index in [1.165, 1.54) is 12.1 Å². The molecule has 3 aromatic carbocycles. The van der Waals surface area contributed by atoms with E-state index in [9.17, 15) is 14.6 Å². The fourth-order valence-electron chi connectivity index (χ4n) is 5.84. The van der Waals surface area contributed by atoms with Crippen molar-refractivity contribution in [2.75, 3.05) is 26.8 Å². The number of aromatic nitrogens is 2. The van der Waals surface area contributed by atoms with Gasteiger partial charge in [0.1, 0.15) is 11.6 Å². The predicted molar refractivity (Wildman–Crippen MR) is 147 cm³/mol. The van der Waals surface area contributed by atoms with Crippen molar-refractivity contribution in [1.29, 1.82) is 0 Å². The minimum atomic E-state index is -1.53. The minimum Gasteiger partial charge on any atom is -0.445 e. The third-order valence-electron chi connectivity index (χ3n) is 8.04. The van der Waals surface area contributed by atoms with Gasteiger partial charge in [-0.25, -0.2) is 9.37 Å². The van der Waals surface area contributed by atoms with E-state index in [-0.39, 0.29) is 5.82 Å². The number of halogens is 1. The molecule has 0 amide bonds. The smallest absolute Gasteiger partial charge is 0.275 e. The van der Waals surface area contributed by atoms with E-state index in [1.807, 2.05) is 25.1 Å². The lowest BCUT2D eigenvalue weighted by Gasteiger charge is -2.32. The van der Waals surface area contributed by atoms with Crippen molar-refractivity contribution >= 4 is 11.0 Å². The first-order chi connectivity index (χ1) is 19.3. The number of rotatable bonds is 8. The molecule has 8 nitrogen and oxygen atoms in total. The molecule has 1 aromatic heterocycles. The Morgan fingerprint density at radius 3 is 2.58 bits per heavy atom. The van der Waals surface area contributed by atoms with Crippen LogP contribution in [0.1, 0.15) is 54.5 Å². The van der Waals surface area contributed by atoms with E-state index >= 15 is 0 Å². The number of aliphatic hydroxyl groups excluding tert-OH is 1. The second kappa shape index (κ2) is 10.8. The molecule has 1 atom stereocenters. The van der Waals surface area contributed by atoms with Crippen molar-refractivity contribution in [3.05, 3.63) is 89.0 Å². The molecule has 0 radical (unpaired) electrons. The maximum Gasteiger partial charge on any atom is 0.275 e. The van der Waals surface area contributed by atoms with E-state index in [4.69, 9.17) is 19.2 Å². The van der Waals surface area contributed by atoms with Gasteiger partial charge in [0.15, 0.2) is 17.8 Å². The van der Waals surface area contributed by atoms with E-state index in [1.54, 1.807) is 31.4 Å². The molecule has 2 aliphatic rings. The Bertz CT molecular complexity index is 1500. The van der Waals surface area contributed by atoms with Gasteiger partial charge in [-0.05, 0) is 74.3 Å². The van der Waals surface area contributed by atoms with Crippen LogP contribution in [0.15, 0.2) is 60.7 Å². The normalized spacial score (nSPS) is 19.6. The topological polar surface area (TPSA) is 89.2 Å². The van der Waals surface area contributed by atoms with Crippen LogP contribution in [0, 0.1) is 5.82 Å². The maximum atomic E-state index is 13.5. The molecule has 0 spiro atoms. The summed E-state index contributed by atoms with van der Waals surface area (Å²) in [5, 5.41) is 19.3. The van der Waals surface area contributed by atoms with Crippen LogP contribution in [0.25, 0.3) is 11.0 Å². The van der Waals surface area contributed by atoms with Crippen molar-refractivity contribution in [3.63, 3.8) is 0 Å². The van der Waals surface area contributed by atoms with Crippen molar-refractivity contribution in [2.45, 2.75) is 50.8 Å². The average Bonchev–Trinajstić information content (AvgIpc) is 3.49. The van der Waals surface area contributed by atoms with Gasteiger partial charge in [0.05, 0.1) is 24.2 Å². The number of aliphatic hydroxyl groups is 2. The Kier molecular flexibility index (Phi) is 7.22. The van der Waals surface area contributed by atoms with Crippen LogP contribution in [0.5, 0.6) is 11.5 Å². The van der Waals surface area contributed by atoms with Crippen LogP contribution < -0.4 is 9.47 Å². The minimum absolute atomic E-state index is 0.293. The van der Waals surface area contributed by atoms with Gasteiger partial charge in [-0.3, -0.25) is 4.90 Å². The molecule has 9 heteroatoms. The number of para-hydroxylation sites is 1. The first-order valence-electron chi connectivity index (χ1n) is 13.7. The Morgan fingerprint density at radius 1 is 1.07 bits per heavy atom. The monoisotopic (exact) mass is 547 g/mol. The molecule has 1 unspecified atom stereocenters. The second-order valence-corrected chi connectivity index (χ2v) is 10.7. The molecule has 40 heavy (non-hydrogen) atoms. The number of hydrogen-bond acceptors (Lipinski definition) is 7. The van der Waals surface area contributed by atoms with Gasteiger partial charge in [0, 0.05) is 37.3 Å². The summed E-state index contributed by atoms with van der Waals surface area (Å²) in [6, 6.07) is 17.6. The molecule has 0 bridgehead atoms. The highest BCUT2D eigenvalue weighted by Crippen LogP contribution is 2.49. The Labute approximate surface area is 232 Å². The van der Waals surface area contributed by atoms with Crippen molar-refractivity contribution in [3.8, 4) is 11.5 Å². The zero-order chi connectivity index (χ0) is 27.9. The molecule has 2 aliphatic heterocycles. The summed E-state index contributed by atoms with van der Waals surface area (Å²) >= 11 is 0. The number of methoxy groups -OCH3 is 1. The van der Waals surface area contributed by atoms with Gasteiger partial charge in [0.2, 0.25) is 0 Å². The van der Waals surface area contributed by atoms with Crippen LogP contribution in [-0.4, -0.2) is 51.5 Å². The van der Waals surface area contributed by atoms with Gasteiger partial charge in [0.25, 0.3) is 5.79 Å². The number of hydrogen-bond donors (Lipinski definition) is 2. The third kappa shape index (κ3) is 5.06. The lowest BCUT2D eigenvalue weighted by Crippen LogP contribution is -2.34. The van der Waals surface area contributed by atoms with Crippen LogP contribution in [0.2, 0.25) is 0 Å². The zero-order valence-electron chi connectivity index (χ0n) is 22.7. The van der Waals surface area contributed by atoms with Crippen LogP contribution in [-0.2, 0) is 23.6 Å². The summed E-state index contributed by atoms with van der Waals surface area (Å²) in [4.78, 5) is 7.29. The van der Waals surface area contributed by atoms with Gasteiger partial charge in [-0.15, -0.1) is 0 Å². The highest BCUT2D eigenvalue weighted by atomic mass is 19.1. The average molecular weight is 548 g/mol. The molecule has 1 saturated heterocycles. The Balaban J connectivity index is 1.17.